The van der Waals surface area contributed by atoms with E-state index in [1.807, 2.05) is 54.6 Å². The normalized spacial score (nSPS) is 9.69. The van der Waals surface area contributed by atoms with Crippen molar-refractivity contribution in [2.24, 2.45) is 0 Å². The number of halogens is 1. The molecule has 16 heavy (non-hydrogen) atoms. The zero-order chi connectivity index (χ0) is 10.9. The molecule has 3 heteroatoms. The fraction of sp³-hybridized carbons (Fsp3) is 0. The molecule has 0 aliphatic heterocycles. The van der Waals surface area contributed by atoms with Crippen LogP contribution in [-0.4, -0.2) is 6.29 Å². The summed E-state index contributed by atoms with van der Waals surface area (Å²) in [5.41, 5.74) is 0.883. The number of rotatable bonds is 2. The Morgan fingerprint density at radius 1 is 1.12 bits per heavy atom. The maximum atomic E-state index is 9.95. The zero-order valence-corrected chi connectivity index (χ0v) is 10.4. The minimum Gasteiger partial charge on any atom is -0.309 e. The summed E-state index contributed by atoms with van der Waals surface area (Å²) < 4.78 is 0. The predicted molar refractivity (Wildman–Crippen MR) is 64.0 cm³/mol. The third kappa shape index (κ3) is 5.72. The topological polar surface area (TPSA) is 17.1 Å². The summed E-state index contributed by atoms with van der Waals surface area (Å²) in [6.45, 7) is 0. The van der Waals surface area contributed by atoms with Crippen LogP contribution in [0.2, 0.25) is 0 Å². The van der Waals surface area contributed by atoms with Crippen LogP contribution >= 0.6 is 11.6 Å². The van der Waals surface area contributed by atoms with Crippen LogP contribution in [0.3, 0.4) is 0 Å². The molecule has 0 aromatic heterocycles. The van der Waals surface area contributed by atoms with Gasteiger partial charge in [-0.3, -0.25) is 0 Å². The van der Waals surface area contributed by atoms with Crippen molar-refractivity contribution >= 4 is 22.9 Å². The van der Waals surface area contributed by atoms with Crippen molar-refractivity contribution in [2.45, 2.75) is 0 Å². The van der Waals surface area contributed by atoms with Crippen molar-refractivity contribution in [3.63, 3.8) is 0 Å². The van der Waals surface area contributed by atoms with E-state index in [1.54, 1.807) is 0 Å². The molecule has 0 aliphatic rings. The van der Waals surface area contributed by atoms with Crippen LogP contribution in [0.4, 0.5) is 0 Å². The molecular formula is C13H11ClFeO. The van der Waals surface area contributed by atoms with E-state index in [0.717, 1.165) is 5.56 Å². The van der Waals surface area contributed by atoms with Crippen molar-refractivity contribution in [3.8, 4) is 0 Å². The SMILES string of the molecule is O=CC=C(Cl)[c-]1cccc1.[Fe+2].c1cc[cH-]c1. The van der Waals surface area contributed by atoms with Crippen LogP contribution in [0.1, 0.15) is 5.56 Å². The Balaban J connectivity index is 0.000000318. The van der Waals surface area contributed by atoms with E-state index in [9.17, 15) is 4.79 Å². The first-order chi connectivity index (χ1) is 7.34. The molecule has 0 unspecified atom stereocenters. The van der Waals surface area contributed by atoms with Gasteiger partial charge in [0.05, 0.1) is 0 Å². The fourth-order valence-electron chi connectivity index (χ4n) is 1.01. The van der Waals surface area contributed by atoms with Gasteiger partial charge in [0.25, 0.3) is 0 Å². The largest absolute Gasteiger partial charge is 2.00 e. The quantitative estimate of drug-likeness (QED) is 0.354. The first kappa shape index (κ1) is 14.9. The molecule has 0 atom stereocenters. The Kier molecular flexibility index (Phi) is 8.55. The number of carbonyl (C=O) groups is 1. The van der Waals surface area contributed by atoms with E-state index in [-0.39, 0.29) is 17.1 Å². The summed E-state index contributed by atoms with van der Waals surface area (Å²) in [6.07, 6.45) is 2.01. The Morgan fingerprint density at radius 3 is 2.06 bits per heavy atom. The maximum absolute atomic E-state index is 9.95. The first-order valence-electron chi connectivity index (χ1n) is 4.54. The Bertz CT molecular complexity index is 370. The number of aldehydes is 1. The molecule has 0 saturated heterocycles. The van der Waals surface area contributed by atoms with Gasteiger partial charge in [-0.25, -0.2) is 12.1 Å². The molecule has 1 nitrogen and oxygen atoms in total. The van der Waals surface area contributed by atoms with Gasteiger partial charge in [0, 0.05) is 0 Å². The second-order valence-electron chi connectivity index (χ2n) is 2.79. The average Bonchev–Trinajstić information content (AvgIpc) is 2.95. The second-order valence-corrected chi connectivity index (χ2v) is 3.19. The van der Waals surface area contributed by atoms with Crippen molar-refractivity contribution in [1.82, 2.24) is 0 Å². The summed E-state index contributed by atoms with van der Waals surface area (Å²) in [5, 5.41) is 0.486. The molecule has 0 amide bonds. The molecule has 0 bridgehead atoms. The summed E-state index contributed by atoms with van der Waals surface area (Å²) in [6, 6.07) is 17.4. The van der Waals surface area contributed by atoms with Gasteiger partial charge in [-0.05, 0) is 5.03 Å². The molecule has 0 fully saturated rings. The Labute approximate surface area is 111 Å². The third-order valence-corrected chi connectivity index (χ3v) is 2.05. The minimum atomic E-state index is 0. The molecule has 0 spiro atoms. The smallest absolute Gasteiger partial charge is 0.309 e. The molecule has 84 valence electrons. The summed E-state index contributed by atoms with van der Waals surface area (Å²) in [4.78, 5) is 9.95. The van der Waals surface area contributed by atoms with E-state index in [1.165, 1.54) is 6.08 Å². The Hall–Kier alpha value is -1.08. The molecule has 0 heterocycles. The van der Waals surface area contributed by atoms with Gasteiger partial charge in [0.2, 0.25) is 0 Å². The Morgan fingerprint density at radius 2 is 1.69 bits per heavy atom. The minimum absolute atomic E-state index is 0. The molecule has 2 aromatic carbocycles. The van der Waals surface area contributed by atoms with Crippen molar-refractivity contribution in [1.29, 1.82) is 0 Å². The van der Waals surface area contributed by atoms with E-state index in [2.05, 4.69) is 0 Å². The van der Waals surface area contributed by atoms with Gasteiger partial charge in [0.1, 0.15) is 6.29 Å². The van der Waals surface area contributed by atoms with E-state index in [4.69, 9.17) is 11.6 Å². The summed E-state index contributed by atoms with van der Waals surface area (Å²) in [7, 11) is 0. The van der Waals surface area contributed by atoms with Gasteiger partial charge in [-0.15, -0.1) is 23.7 Å². The van der Waals surface area contributed by atoms with Crippen molar-refractivity contribution in [2.75, 3.05) is 0 Å². The second kappa shape index (κ2) is 9.17. The van der Waals surface area contributed by atoms with Gasteiger partial charge >= 0.3 is 17.1 Å². The van der Waals surface area contributed by atoms with Crippen LogP contribution in [0, 0.1) is 0 Å². The number of carbonyl (C=O) groups excluding carboxylic acids is 1. The average molecular weight is 275 g/mol. The molecule has 0 aliphatic carbocycles. The molecule has 0 radical (unpaired) electrons. The standard InChI is InChI=1S/C8H6ClO.C5H5.Fe/c9-8(5-6-10)7-3-1-2-4-7;1-2-4-5-3-1;/h1-6H;1-5H;/q2*-1;+2. The van der Waals surface area contributed by atoms with Gasteiger partial charge < -0.3 is 4.79 Å². The van der Waals surface area contributed by atoms with Crippen molar-refractivity contribution < 1.29 is 21.9 Å². The van der Waals surface area contributed by atoms with Crippen LogP contribution in [0.25, 0.3) is 5.03 Å². The molecule has 2 rings (SSSR count). The van der Waals surface area contributed by atoms with Crippen molar-refractivity contribution in [3.05, 3.63) is 66.2 Å². The molecular weight excluding hydrogens is 263 g/mol. The fourth-order valence-corrected chi connectivity index (χ4v) is 1.19. The van der Waals surface area contributed by atoms with E-state index >= 15 is 0 Å². The van der Waals surface area contributed by atoms with Crippen LogP contribution in [0.5, 0.6) is 0 Å². The number of allylic oxidation sites excluding steroid dienone is 1. The number of hydrogen-bond donors (Lipinski definition) is 0. The molecule has 0 N–H and O–H groups in total. The number of hydrogen-bond acceptors (Lipinski definition) is 1. The van der Waals surface area contributed by atoms with E-state index < -0.39 is 0 Å². The third-order valence-electron chi connectivity index (χ3n) is 1.71. The van der Waals surface area contributed by atoms with Gasteiger partial charge in [0.15, 0.2) is 0 Å². The van der Waals surface area contributed by atoms with Crippen LogP contribution in [-0.2, 0) is 21.9 Å². The van der Waals surface area contributed by atoms with Gasteiger partial charge in [-0.1, -0.05) is 11.6 Å². The summed E-state index contributed by atoms with van der Waals surface area (Å²) in [5.74, 6) is 0. The summed E-state index contributed by atoms with van der Waals surface area (Å²) >= 11 is 5.68. The van der Waals surface area contributed by atoms with Gasteiger partial charge in [-0.2, -0.15) is 30.3 Å². The van der Waals surface area contributed by atoms with E-state index in [0.29, 0.717) is 11.3 Å². The molecule has 0 saturated carbocycles. The first-order valence-corrected chi connectivity index (χ1v) is 4.92. The monoisotopic (exact) mass is 274 g/mol. The predicted octanol–water partition coefficient (Wildman–Crippen LogP) is 3.59. The van der Waals surface area contributed by atoms with Crippen LogP contribution < -0.4 is 0 Å². The zero-order valence-electron chi connectivity index (χ0n) is 8.49. The molecule has 2 aromatic rings. The van der Waals surface area contributed by atoms with Crippen LogP contribution in [0.15, 0.2) is 60.7 Å². The maximum Gasteiger partial charge on any atom is 2.00 e.